The van der Waals surface area contributed by atoms with Crippen LogP contribution >= 0.6 is 0 Å². The van der Waals surface area contributed by atoms with E-state index in [2.05, 4.69) is 10.3 Å². The molecule has 1 aromatic heterocycles. The van der Waals surface area contributed by atoms with E-state index in [0.717, 1.165) is 0 Å². The number of aromatic amines is 1. The highest BCUT2D eigenvalue weighted by Gasteiger charge is 2.21. The minimum absolute atomic E-state index is 0.0185. The molecule has 1 aromatic carbocycles. The zero-order valence-electron chi connectivity index (χ0n) is 10.5. The number of hydrogen-bond acceptors (Lipinski definition) is 3. The number of carbonyl (C=O) groups excluding carboxylic acids is 1. The number of carbonyl (C=O) groups is 2. The van der Waals surface area contributed by atoms with E-state index in [9.17, 15) is 14.7 Å². The standard InChI is InChI=1S/C13H14N2O4/c1-6-10(12(17)15-7(2)13(18)19)11-8(14-6)4-3-5-9(11)16/h3-5,7,14,16H,1-2H3,(H,15,17)(H,18,19)/t7-/m0/s1. The number of fused-ring (bicyclic) bond motifs is 1. The van der Waals surface area contributed by atoms with Gasteiger partial charge in [0.25, 0.3) is 5.91 Å². The summed E-state index contributed by atoms with van der Waals surface area (Å²) < 4.78 is 0. The number of carboxylic acid groups (broad SMARTS) is 1. The molecule has 6 nitrogen and oxygen atoms in total. The van der Waals surface area contributed by atoms with E-state index in [-0.39, 0.29) is 11.3 Å². The number of aromatic nitrogens is 1. The van der Waals surface area contributed by atoms with Gasteiger partial charge >= 0.3 is 5.97 Å². The van der Waals surface area contributed by atoms with Gasteiger partial charge in [-0.05, 0) is 26.0 Å². The lowest BCUT2D eigenvalue weighted by Gasteiger charge is -2.09. The first-order valence-electron chi connectivity index (χ1n) is 5.75. The molecule has 0 bridgehead atoms. The van der Waals surface area contributed by atoms with E-state index in [1.807, 2.05) is 0 Å². The van der Waals surface area contributed by atoms with Crippen molar-refractivity contribution in [2.45, 2.75) is 19.9 Å². The van der Waals surface area contributed by atoms with Gasteiger partial charge in [-0.2, -0.15) is 0 Å². The van der Waals surface area contributed by atoms with Crippen LogP contribution in [0.1, 0.15) is 23.0 Å². The van der Waals surface area contributed by atoms with E-state index >= 15 is 0 Å². The number of aliphatic carboxylic acids is 1. The van der Waals surface area contributed by atoms with Gasteiger partial charge < -0.3 is 20.5 Å². The molecule has 0 saturated carbocycles. The quantitative estimate of drug-likeness (QED) is 0.671. The fourth-order valence-electron chi connectivity index (χ4n) is 1.97. The van der Waals surface area contributed by atoms with E-state index in [4.69, 9.17) is 5.11 Å². The minimum atomic E-state index is -1.12. The highest BCUT2D eigenvalue weighted by Crippen LogP contribution is 2.29. The summed E-state index contributed by atoms with van der Waals surface area (Å²) in [6.45, 7) is 3.07. The van der Waals surface area contributed by atoms with Gasteiger partial charge in [0.15, 0.2) is 0 Å². The topological polar surface area (TPSA) is 102 Å². The summed E-state index contributed by atoms with van der Waals surface area (Å²) in [6, 6.07) is 3.88. The Morgan fingerprint density at radius 1 is 1.37 bits per heavy atom. The molecule has 0 fully saturated rings. The van der Waals surface area contributed by atoms with Crippen molar-refractivity contribution in [3.05, 3.63) is 29.5 Å². The molecule has 100 valence electrons. The number of amides is 1. The zero-order valence-corrected chi connectivity index (χ0v) is 10.5. The highest BCUT2D eigenvalue weighted by molar-refractivity contribution is 6.10. The van der Waals surface area contributed by atoms with Crippen molar-refractivity contribution in [2.75, 3.05) is 0 Å². The lowest BCUT2D eigenvalue weighted by atomic mass is 10.1. The smallest absolute Gasteiger partial charge is 0.325 e. The number of benzene rings is 1. The van der Waals surface area contributed by atoms with Crippen molar-refractivity contribution in [1.82, 2.24) is 10.3 Å². The average molecular weight is 262 g/mol. The van der Waals surface area contributed by atoms with Crippen molar-refractivity contribution < 1.29 is 19.8 Å². The fourth-order valence-corrected chi connectivity index (χ4v) is 1.97. The Labute approximate surface area is 109 Å². The fraction of sp³-hybridized carbons (Fsp3) is 0.231. The Morgan fingerprint density at radius 3 is 2.68 bits per heavy atom. The largest absolute Gasteiger partial charge is 0.507 e. The summed E-state index contributed by atoms with van der Waals surface area (Å²) in [5.74, 6) is -1.66. The number of carboxylic acids is 1. The van der Waals surface area contributed by atoms with E-state index < -0.39 is 17.9 Å². The third-order valence-corrected chi connectivity index (χ3v) is 2.93. The predicted octanol–water partition coefficient (Wildman–Crippen LogP) is 1.38. The number of hydrogen-bond donors (Lipinski definition) is 4. The lowest BCUT2D eigenvalue weighted by Crippen LogP contribution is -2.38. The second-order valence-corrected chi connectivity index (χ2v) is 4.36. The number of phenolic OH excluding ortho intramolecular Hbond substituents is 1. The maximum atomic E-state index is 12.1. The first-order chi connectivity index (χ1) is 8.91. The van der Waals surface area contributed by atoms with Crippen molar-refractivity contribution in [2.24, 2.45) is 0 Å². The normalized spacial score (nSPS) is 12.3. The van der Waals surface area contributed by atoms with Gasteiger partial charge in [0.1, 0.15) is 11.8 Å². The molecule has 0 radical (unpaired) electrons. The Bertz CT molecular complexity index is 660. The summed E-state index contributed by atoms with van der Waals surface area (Å²) >= 11 is 0. The second kappa shape index (κ2) is 4.64. The average Bonchev–Trinajstić information content (AvgIpc) is 2.66. The third-order valence-electron chi connectivity index (χ3n) is 2.93. The number of phenols is 1. The van der Waals surface area contributed by atoms with Gasteiger partial charge in [-0.25, -0.2) is 0 Å². The van der Waals surface area contributed by atoms with Crippen LogP contribution in [0.3, 0.4) is 0 Å². The van der Waals surface area contributed by atoms with E-state index in [1.54, 1.807) is 19.1 Å². The molecule has 0 aliphatic carbocycles. The van der Waals surface area contributed by atoms with Crippen LogP contribution in [-0.2, 0) is 4.79 Å². The zero-order chi connectivity index (χ0) is 14.2. The lowest BCUT2D eigenvalue weighted by molar-refractivity contribution is -0.138. The van der Waals surface area contributed by atoms with Gasteiger partial charge in [0.05, 0.1) is 16.5 Å². The molecular weight excluding hydrogens is 248 g/mol. The van der Waals surface area contributed by atoms with E-state index in [0.29, 0.717) is 16.6 Å². The van der Waals surface area contributed by atoms with Crippen molar-refractivity contribution >= 4 is 22.8 Å². The molecule has 6 heteroatoms. The van der Waals surface area contributed by atoms with Gasteiger partial charge in [-0.3, -0.25) is 9.59 Å². The number of nitrogens with one attached hydrogen (secondary N) is 2. The SMILES string of the molecule is Cc1[nH]c2cccc(O)c2c1C(=O)N[C@@H](C)C(=O)O. The monoisotopic (exact) mass is 262 g/mol. The molecule has 2 rings (SSSR count). The maximum Gasteiger partial charge on any atom is 0.325 e. The van der Waals surface area contributed by atoms with Gasteiger partial charge in [0.2, 0.25) is 0 Å². The first kappa shape index (κ1) is 12.9. The number of aryl methyl sites for hydroxylation is 1. The molecule has 1 amide bonds. The maximum absolute atomic E-state index is 12.1. The van der Waals surface area contributed by atoms with Crippen LogP contribution in [0.5, 0.6) is 5.75 Å². The molecule has 0 aliphatic rings. The molecular formula is C13H14N2O4. The summed E-state index contributed by atoms with van der Waals surface area (Å²) in [5, 5.41) is 21.4. The molecule has 2 aromatic rings. The number of aromatic hydroxyl groups is 1. The van der Waals surface area contributed by atoms with Crippen LogP contribution in [0, 0.1) is 6.92 Å². The van der Waals surface area contributed by atoms with Crippen LogP contribution in [0.2, 0.25) is 0 Å². The van der Waals surface area contributed by atoms with Gasteiger partial charge in [0, 0.05) is 5.69 Å². The summed E-state index contributed by atoms with van der Waals surface area (Å²) in [5.41, 5.74) is 1.47. The van der Waals surface area contributed by atoms with Crippen molar-refractivity contribution in [3.8, 4) is 5.75 Å². The molecule has 19 heavy (non-hydrogen) atoms. The Kier molecular flexibility index (Phi) is 3.16. The molecule has 4 N–H and O–H groups in total. The molecule has 0 unspecified atom stereocenters. The van der Waals surface area contributed by atoms with Crippen LogP contribution < -0.4 is 5.32 Å². The third kappa shape index (κ3) is 2.24. The molecule has 0 spiro atoms. The summed E-state index contributed by atoms with van der Waals surface area (Å²) in [7, 11) is 0. The predicted molar refractivity (Wildman–Crippen MR) is 69.3 cm³/mol. The molecule has 0 saturated heterocycles. The summed E-state index contributed by atoms with van der Waals surface area (Å²) in [4.78, 5) is 25.8. The molecule has 0 aliphatic heterocycles. The first-order valence-corrected chi connectivity index (χ1v) is 5.75. The van der Waals surface area contributed by atoms with Gasteiger partial charge in [-0.1, -0.05) is 6.07 Å². The van der Waals surface area contributed by atoms with Crippen LogP contribution in [0.4, 0.5) is 0 Å². The Hall–Kier alpha value is -2.50. The van der Waals surface area contributed by atoms with Crippen LogP contribution in [0.25, 0.3) is 10.9 Å². The van der Waals surface area contributed by atoms with Gasteiger partial charge in [-0.15, -0.1) is 0 Å². The van der Waals surface area contributed by atoms with Crippen molar-refractivity contribution in [3.63, 3.8) is 0 Å². The van der Waals surface area contributed by atoms with E-state index in [1.165, 1.54) is 13.0 Å². The molecule has 1 heterocycles. The molecule has 1 atom stereocenters. The van der Waals surface area contributed by atoms with Crippen molar-refractivity contribution in [1.29, 1.82) is 0 Å². The highest BCUT2D eigenvalue weighted by atomic mass is 16.4. The van der Waals surface area contributed by atoms with Crippen LogP contribution in [-0.4, -0.2) is 33.1 Å². The Balaban J connectivity index is 2.47. The number of rotatable bonds is 3. The second-order valence-electron chi connectivity index (χ2n) is 4.36. The van der Waals surface area contributed by atoms with Crippen LogP contribution in [0.15, 0.2) is 18.2 Å². The Morgan fingerprint density at radius 2 is 2.05 bits per heavy atom. The number of H-pyrrole nitrogens is 1. The minimum Gasteiger partial charge on any atom is -0.507 e. The summed E-state index contributed by atoms with van der Waals surface area (Å²) in [6.07, 6.45) is 0.